The lowest BCUT2D eigenvalue weighted by molar-refractivity contribution is 0.397. The molecule has 21 heavy (non-hydrogen) atoms. The molecule has 0 saturated heterocycles. The van der Waals surface area contributed by atoms with Crippen molar-refractivity contribution in [1.29, 1.82) is 0 Å². The number of nitrogens with zero attached hydrogens (tertiary/aromatic N) is 1. The molecule has 0 aliphatic rings. The molecule has 4 nitrogen and oxygen atoms in total. The Kier molecular flexibility index (Phi) is 4.88. The normalized spacial score (nSPS) is 11.6. The van der Waals surface area contributed by atoms with Crippen LogP contribution in [-0.4, -0.2) is 26.9 Å². The summed E-state index contributed by atoms with van der Waals surface area (Å²) in [6.45, 7) is 0.194. The van der Waals surface area contributed by atoms with E-state index < -0.39 is 10.0 Å². The summed E-state index contributed by atoms with van der Waals surface area (Å²) in [5, 5.41) is 0.541. The molecule has 0 aliphatic carbocycles. The number of benzene rings is 2. The van der Waals surface area contributed by atoms with Crippen LogP contribution >= 0.6 is 11.6 Å². The summed E-state index contributed by atoms with van der Waals surface area (Å²) in [6.07, 6.45) is 0. The Morgan fingerprint density at radius 3 is 2.38 bits per heavy atom. The maximum atomic E-state index is 12.6. The predicted octanol–water partition coefficient (Wildman–Crippen LogP) is 3.17. The summed E-state index contributed by atoms with van der Waals surface area (Å²) < 4.78 is 31.6. The molecule has 2 rings (SSSR count). The van der Waals surface area contributed by atoms with Crippen molar-refractivity contribution in [2.45, 2.75) is 11.4 Å². The van der Waals surface area contributed by atoms with E-state index in [1.807, 2.05) is 6.07 Å². The average Bonchev–Trinajstić information content (AvgIpc) is 2.49. The zero-order valence-corrected chi connectivity index (χ0v) is 13.4. The molecule has 0 atom stereocenters. The molecule has 2 aromatic carbocycles. The lowest BCUT2D eigenvalue weighted by atomic mass is 10.2. The van der Waals surface area contributed by atoms with Crippen LogP contribution in [0.4, 0.5) is 0 Å². The van der Waals surface area contributed by atoms with Crippen molar-refractivity contribution in [2.24, 2.45) is 0 Å². The van der Waals surface area contributed by atoms with Crippen LogP contribution in [0.25, 0.3) is 0 Å². The fraction of sp³-hybridized carbons (Fsp3) is 0.200. The van der Waals surface area contributed by atoms with Gasteiger partial charge in [-0.2, -0.15) is 4.31 Å². The zero-order valence-electron chi connectivity index (χ0n) is 11.8. The van der Waals surface area contributed by atoms with Gasteiger partial charge in [0.25, 0.3) is 0 Å². The topological polar surface area (TPSA) is 46.6 Å². The summed E-state index contributed by atoms with van der Waals surface area (Å²) in [7, 11) is -0.681. The summed E-state index contributed by atoms with van der Waals surface area (Å²) >= 11 is 6.08. The molecule has 112 valence electrons. The molecule has 6 heteroatoms. The SMILES string of the molecule is COc1ccccc1S(=O)(=O)N(C)Cc1ccccc1Cl. The third-order valence-electron chi connectivity index (χ3n) is 3.11. The van der Waals surface area contributed by atoms with Gasteiger partial charge < -0.3 is 4.74 Å². The van der Waals surface area contributed by atoms with Gasteiger partial charge >= 0.3 is 0 Å². The van der Waals surface area contributed by atoms with Crippen LogP contribution in [0.2, 0.25) is 5.02 Å². The molecule has 0 spiro atoms. The van der Waals surface area contributed by atoms with E-state index in [2.05, 4.69) is 0 Å². The van der Waals surface area contributed by atoms with Crippen molar-refractivity contribution in [3.63, 3.8) is 0 Å². The molecule has 0 aromatic heterocycles. The van der Waals surface area contributed by atoms with E-state index in [-0.39, 0.29) is 11.4 Å². The van der Waals surface area contributed by atoms with E-state index in [1.165, 1.54) is 24.5 Å². The second-order valence-corrected chi connectivity index (χ2v) is 6.92. The highest BCUT2D eigenvalue weighted by Gasteiger charge is 2.24. The van der Waals surface area contributed by atoms with Gasteiger partial charge in [0.05, 0.1) is 7.11 Å². The van der Waals surface area contributed by atoms with Gasteiger partial charge in [0.1, 0.15) is 10.6 Å². The van der Waals surface area contributed by atoms with Crippen molar-refractivity contribution >= 4 is 21.6 Å². The molecule has 0 heterocycles. The first-order valence-corrected chi connectivity index (χ1v) is 8.11. The van der Waals surface area contributed by atoms with E-state index in [1.54, 1.807) is 36.4 Å². The van der Waals surface area contributed by atoms with E-state index in [0.717, 1.165) is 5.56 Å². The number of ether oxygens (including phenoxy) is 1. The van der Waals surface area contributed by atoms with Gasteiger partial charge in [-0.3, -0.25) is 0 Å². The molecular weight excluding hydrogens is 310 g/mol. The molecule has 0 radical (unpaired) electrons. The lowest BCUT2D eigenvalue weighted by Crippen LogP contribution is -2.27. The highest BCUT2D eigenvalue weighted by Crippen LogP contribution is 2.27. The molecule has 0 N–H and O–H groups in total. The van der Waals surface area contributed by atoms with Crippen LogP contribution in [0.15, 0.2) is 53.4 Å². The Morgan fingerprint density at radius 1 is 1.10 bits per heavy atom. The fourth-order valence-corrected chi connectivity index (χ4v) is 3.45. The number of hydrogen-bond acceptors (Lipinski definition) is 3. The van der Waals surface area contributed by atoms with Crippen LogP contribution in [0.5, 0.6) is 5.75 Å². The highest BCUT2D eigenvalue weighted by atomic mass is 35.5. The minimum absolute atomic E-state index is 0.141. The van der Waals surface area contributed by atoms with Gasteiger partial charge in [-0.25, -0.2) is 8.42 Å². The quantitative estimate of drug-likeness (QED) is 0.848. The molecule has 0 saturated carbocycles. The van der Waals surface area contributed by atoms with Gasteiger partial charge in [-0.05, 0) is 23.8 Å². The summed E-state index contributed by atoms with van der Waals surface area (Å²) in [5.41, 5.74) is 0.750. The smallest absolute Gasteiger partial charge is 0.246 e. The average molecular weight is 326 g/mol. The number of para-hydroxylation sites is 1. The fourth-order valence-electron chi connectivity index (χ4n) is 1.95. The Morgan fingerprint density at radius 2 is 1.71 bits per heavy atom. The monoisotopic (exact) mass is 325 g/mol. The van der Waals surface area contributed by atoms with Crippen LogP contribution < -0.4 is 4.74 Å². The molecule has 0 amide bonds. The second-order valence-electron chi connectivity index (χ2n) is 4.50. The first-order chi connectivity index (χ1) is 9.96. The summed E-state index contributed by atoms with van der Waals surface area (Å²) in [5.74, 6) is 0.323. The van der Waals surface area contributed by atoms with Crippen molar-refractivity contribution in [1.82, 2.24) is 4.31 Å². The van der Waals surface area contributed by atoms with Gasteiger partial charge in [0.15, 0.2) is 0 Å². The molecule has 0 bridgehead atoms. The summed E-state index contributed by atoms with van der Waals surface area (Å²) in [4.78, 5) is 0.141. The van der Waals surface area contributed by atoms with Crippen LogP contribution in [0, 0.1) is 0 Å². The van der Waals surface area contributed by atoms with Gasteiger partial charge in [0.2, 0.25) is 10.0 Å². The van der Waals surface area contributed by atoms with E-state index in [4.69, 9.17) is 16.3 Å². The summed E-state index contributed by atoms with van der Waals surface area (Å²) in [6, 6.07) is 13.7. The minimum Gasteiger partial charge on any atom is -0.495 e. The van der Waals surface area contributed by atoms with Crippen molar-refractivity contribution in [2.75, 3.05) is 14.2 Å². The number of hydrogen-bond donors (Lipinski definition) is 0. The molecular formula is C15H16ClNO3S. The van der Waals surface area contributed by atoms with E-state index in [9.17, 15) is 8.42 Å². The van der Waals surface area contributed by atoms with Crippen molar-refractivity contribution < 1.29 is 13.2 Å². The third kappa shape index (κ3) is 3.37. The van der Waals surface area contributed by atoms with Crippen LogP contribution in [-0.2, 0) is 16.6 Å². The predicted molar refractivity (Wildman–Crippen MR) is 83.1 cm³/mol. The number of sulfonamides is 1. The maximum absolute atomic E-state index is 12.6. The number of halogens is 1. The Labute approximate surface area is 130 Å². The molecule has 0 aliphatic heterocycles. The third-order valence-corrected chi connectivity index (χ3v) is 5.32. The molecule has 0 fully saturated rings. The van der Waals surface area contributed by atoms with E-state index >= 15 is 0 Å². The first kappa shape index (κ1) is 15.8. The van der Waals surface area contributed by atoms with Crippen molar-refractivity contribution in [3.05, 3.63) is 59.1 Å². The molecule has 0 unspecified atom stereocenters. The standard InChI is InChI=1S/C15H16ClNO3S/c1-17(11-12-7-3-4-8-13(12)16)21(18,19)15-10-6-5-9-14(15)20-2/h3-10H,11H2,1-2H3. The number of rotatable bonds is 5. The van der Waals surface area contributed by atoms with E-state index in [0.29, 0.717) is 10.8 Å². The first-order valence-electron chi connectivity index (χ1n) is 6.29. The lowest BCUT2D eigenvalue weighted by Gasteiger charge is -2.19. The Hall–Kier alpha value is -1.56. The number of methoxy groups -OCH3 is 1. The molecule has 2 aromatic rings. The second kappa shape index (κ2) is 6.47. The van der Waals surface area contributed by atoms with Crippen LogP contribution in [0.3, 0.4) is 0 Å². The van der Waals surface area contributed by atoms with Crippen molar-refractivity contribution in [3.8, 4) is 5.75 Å². The van der Waals surface area contributed by atoms with Gasteiger partial charge in [0, 0.05) is 18.6 Å². The minimum atomic E-state index is -3.65. The van der Waals surface area contributed by atoms with Crippen LogP contribution in [0.1, 0.15) is 5.56 Å². The maximum Gasteiger partial charge on any atom is 0.246 e. The van der Waals surface area contributed by atoms with Gasteiger partial charge in [-0.1, -0.05) is 41.9 Å². The van der Waals surface area contributed by atoms with Gasteiger partial charge in [-0.15, -0.1) is 0 Å². The Bertz CT molecular complexity index is 731. The largest absolute Gasteiger partial charge is 0.495 e. The zero-order chi connectivity index (χ0) is 15.5. The Balaban J connectivity index is 2.33. The highest BCUT2D eigenvalue weighted by molar-refractivity contribution is 7.89.